The van der Waals surface area contributed by atoms with E-state index in [-0.39, 0.29) is 17.4 Å². The number of rotatable bonds is 5. The molecule has 1 heterocycles. The lowest BCUT2D eigenvalue weighted by molar-refractivity contribution is 0.101. The van der Waals surface area contributed by atoms with Crippen LogP contribution in [0.25, 0.3) is 0 Å². The molecule has 6 nitrogen and oxygen atoms in total. The Balaban J connectivity index is 1.79. The summed E-state index contributed by atoms with van der Waals surface area (Å²) in [5.41, 5.74) is 4.06. The van der Waals surface area contributed by atoms with Gasteiger partial charge in [-0.1, -0.05) is 18.2 Å². The standard InChI is InChI=1S/C21H20N4O2/c1-13-6-4-5-7-18(13)24-21-22-14(2)12-19(25-21)20(27)23-17-10-8-16(9-11-17)15(3)26/h4-12H,1-3H3,(H,23,27)(H,22,24,25). The van der Waals surface area contributed by atoms with Crippen LogP contribution >= 0.6 is 0 Å². The molecule has 136 valence electrons. The molecular formula is C21H20N4O2. The predicted octanol–water partition coefficient (Wildman–Crippen LogP) is 4.29. The van der Waals surface area contributed by atoms with E-state index in [1.165, 1.54) is 6.92 Å². The lowest BCUT2D eigenvalue weighted by atomic mass is 10.1. The molecule has 0 radical (unpaired) electrons. The van der Waals surface area contributed by atoms with Crippen molar-refractivity contribution in [1.82, 2.24) is 9.97 Å². The molecule has 0 spiro atoms. The molecule has 1 aromatic heterocycles. The Kier molecular flexibility index (Phi) is 5.26. The Morgan fingerprint density at radius 2 is 1.63 bits per heavy atom. The third-order valence-corrected chi connectivity index (χ3v) is 4.03. The Morgan fingerprint density at radius 1 is 0.926 bits per heavy atom. The summed E-state index contributed by atoms with van der Waals surface area (Å²) in [4.78, 5) is 32.6. The number of anilines is 3. The van der Waals surface area contributed by atoms with E-state index < -0.39 is 0 Å². The third kappa shape index (κ3) is 4.55. The maximum atomic E-state index is 12.6. The lowest BCUT2D eigenvalue weighted by Gasteiger charge is -2.10. The van der Waals surface area contributed by atoms with E-state index in [2.05, 4.69) is 20.6 Å². The molecule has 0 saturated heterocycles. The Morgan fingerprint density at radius 3 is 2.30 bits per heavy atom. The molecular weight excluding hydrogens is 340 g/mol. The van der Waals surface area contributed by atoms with E-state index in [9.17, 15) is 9.59 Å². The van der Waals surface area contributed by atoms with Crippen LogP contribution in [-0.2, 0) is 0 Å². The minimum absolute atomic E-state index is 0.0220. The predicted molar refractivity (Wildman–Crippen MR) is 106 cm³/mol. The minimum atomic E-state index is -0.344. The van der Waals surface area contributed by atoms with Gasteiger partial charge in [-0.25, -0.2) is 9.97 Å². The molecule has 27 heavy (non-hydrogen) atoms. The average Bonchev–Trinajstić information content (AvgIpc) is 2.63. The van der Waals surface area contributed by atoms with Crippen LogP contribution in [-0.4, -0.2) is 21.7 Å². The van der Waals surface area contributed by atoms with Crippen LogP contribution in [0.2, 0.25) is 0 Å². The van der Waals surface area contributed by atoms with Crippen LogP contribution in [0.3, 0.4) is 0 Å². The smallest absolute Gasteiger partial charge is 0.274 e. The van der Waals surface area contributed by atoms with E-state index in [1.54, 1.807) is 30.3 Å². The molecule has 3 rings (SSSR count). The first kappa shape index (κ1) is 18.3. The van der Waals surface area contributed by atoms with Gasteiger partial charge in [0, 0.05) is 22.6 Å². The first-order chi connectivity index (χ1) is 12.9. The first-order valence-corrected chi connectivity index (χ1v) is 8.53. The minimum Gasteiger partial charge on any atom is -0.324 e. The van der Waals surface area contributed by atoms with Gasteiger partial charge in [0.15, 0.2) is 5.78 Å². The Hall–Kier alpha value is -3.54. The van der Waals surface area contributed by atoms with Crippen LogP contribution in [0.15, 0.2) is 54.6 Å². The number of amides is 1. The molecule has 0 unspecified atom stereocenters. The van der Waals surface area contributed by atoms with Crippen LogP contribution in [0.4, 0.5) is 17.3 Å². The zero-order chi connectivity index (χ0) is 19.4. The molecule has 0 aliphatic rings. The van der Waals surface area contributed by atoms with Crippen molar-refractivity contribution in [3.63, 3.8) is 0 Å². The molecule has 2 aromatic carbocycles. The summed E-state index contributed by atoms with van der Waals surface area (Å²) >= 11 is 0. The van der Waals surface area contributed by atoms with Gasteiger partial charge in [0.1, 0.15) is 5.69 Å². The molecule has 0 aliphatic heterocycles. The molecule has 3 aromatic rings. The molecule has 0 aliphatic carbocycles. The summed E-state index contributed by atoms with van der Waals surface area (Å²) in [6, 6.07) is 16.1. The number of aryl methyl sites for hydroxylation is 2. The first-order valence-electron chi connectivity index (χ1n) is 8.53. The van der Waals surface area contributed by atoms with E-state index in [1.807, 2.05) is 38.1 Å². The number of nitrogens with zero attached hydrogens (tertiary/aromatic N) is 2. The van der Waals surface area contributed by atoms with Crippen molar-refractivity contribution in [2.45, 2.75) is 20.8 Å². The number of carbonyl (C=O) groups excluding carboxylic acids is 2. The SMILES string of the molecule is CC(=O)c1ccc(NC(=O)c2cc(C)nc(Nc3ccccc3C)n2)cc1. The summed E-state index contributed by atoms with van der Waals surface area (Å²) in [6.45, 7) is 5.29. The number of hydrogen-bond acceptors (Lipinski definition) is 5. The maximum Gasteiger partial charge on any atom is 0.274 e. The zero-order valence-corrected chi connectivity index (χ0v) is 15.4. The summed E-state index contributed by atoms with van der Waals surface area (Å²) in [6.07, 6.45) is 0. The summed E-state index contributed by atoms with van der Waals surface area (Å²) in [7, 11) is 0. The van der Waals surface area contributed by atoms with Gasteiger partial charge in [-0.05, 0) is 62.7 Å². The van der Waals surface area contributed by atoms with Crippen LogP contribution in [0, 0.1) is 13.8 Å². The van der Waals surface area contributed by atoms with Gasteiger partial charge >= 0.3 is 0 Å². The average molecular weight is 360 g/mol. The quantitative estimate of drug-likeness (QED) is 0.663. The maximum absolute atomic E-state index is 12.6. The van der Waals surface area contributed by atoms with Crippen molar-refractivity contribution in [3.8, 4) is 0 Å². The number of carbonyl (C=O) groups is 2. The Bertz CT molecular complexity index is 997. The van der Waals surface area contributed by atoms with Crippen LogP contribution < -0.4 is 10.6 Å². The highest BCUT2D eigenvalue weighted by Gasteiger charge is 2.12. The highest BCUT2D eigenvalue weighted by atomic mass is 16.2. The number of ketones is 1. The van der Waals surface area contributed by atoms with Gasteiger partial charge in [0.2, 0.25) is 5.95 Å². The molecule has 0 bridgehead atoms. The molecule has 6 heteroatoms. The fourth-order valence-corrected chi connectivity index (χ4v) is 2.56. The second kappa shape index (κ2) is 7.78. The summed E-state index contributed by atoms with van der Waals surface area (Å²) < 4.78 is 0. The van der Waals surface area contributed by atoms with Crippen LogP contribution in [0.5, 0.6) is 0 Å². The molecule has 1 amide bonds. The van der Waals surface area contributed by atoms with Gasteiger partial charge in [0.25, 0.3) is 5.91 Å². The highest BCUT2D eigenvalue weighted by molar-refractivity contribution is 6.03. The molecule has 0 fully saturated rings. The Labute approximate surface area is 157 Å². The fourth-order valence-electron chi connectivity index (χ4n) is 2.56. The lowest BCUT2D eigenvalue weighted by Crippen LogP contribution is -2.15. The van der Waals surface area contributed by atoms with E-state index in [0.717, 1.165) is 11.3 Å². The van der Waals surface area contributed by atoms with Crippen molar-refractivity contribution in [2.24, 2.45) is 0 Å². The number of hydrogen-bond donors (Lipinski definition) is 2. The topological polar surface area (TPSA) is 84.0 Å². The van der Waals surface area contributed by atoms with E-state index in [4.69, 9.17) is 0 Å². The number of aromatic nitrogens is 2. The molecule has 2 N–H and O–H groups in total. The second-order valence-electron chi connectivity index (χ2n) is 6.25. The fraction of sp³-hybridized carbons (Fsp3) is 0.143. The van der Waals surface area contributed by atoms with Gasteiger partial charge in [-0.15, -0.1) is 0 Å². The summed E-state index contributed by atoms with van der Waals surface area (Å²) in [5.74, 6) is -0.00323. The monoisotopic (exact) mass is 360 g/mol. The van der Waals surface area contributed by atoms with Crippen molar-refractivity contribution in [3.05, 3.63) is 77.1 Å². The van der Waals surface area contributed by atoms with Gasteiger partial charge < -0.3 is 10.6 Å². The largest absolute Gasteiger partial charge is 0.324 e. The third-order valence-electron chi connectivity index (χ3n) is 4.03. The number of benzene rings is 2. The van der Waals surface area contributed by atoms with Gasteiger partial charge in [-0.2, -0.15) is 0 Å². The molecule has 0 atom stereocenters. The number of para-hydroxylation sites is 1. The van der Waals surface area contributed by atoms with E-state index in [0.29, 0.717) is 22.9 Å². The van der Waals surface area contributed by atoms with Crippen molar-refractivity contribution < 1.29 is 9.59 Å². The molecule has 0 saturated carbocycles. The van der Waals surface area contributed by atoms with Crippen molar-refractivity contribution in [1.29, 1.82) is 0 Å². The van der Waals surface area contributed by atoms with Crippen molar-refractivity contribution >= 4 is 29.0 Å². The summed E-state index contributed by atoms with van der Waals surface area (Å²) in [5, 5.41) is 5.94. The van der Waals surface area contributed by atoms with Gasteiger partial charge in [0.05, 0.1) is 0 Å². The second-order valence-corrected chi connectivity index (χ2v) is 6.25. The zero-order valence-electron chi connectivity index (χ0n) is 15.4. The van der Waals surface area contributed by atoms with Crippen LogP contribution in [0.1, 0.15) is 39.0 Å². The van der Waals surface area contributed by atoms with Gasteiger partial charge in [-0.3, -0.25) is 9.59 Å². The normalized spacial score (nSPS) is 10.3. The number of nitrogens with one attached hydrogen (secondary N) is 2. The number of Topliss-reactive ketones (excluding diaryl/α,β-unsaturated/α-hetero) is 1. The highest BCUT2D eigenvalue weighted by Crippen LogP contribution is 2.18. The van der Waals surface area contributed by atoms with Crippen molar-refractivity contribution in [2.75, 3.05) is 10.6 Å². The van der Waals surface area contributed by atoms with E-state index >= 15 is 0 Å².